The molecule has 1 aromatic rings. The predicted molar refractivity (Wildman–Crippen MR) is 88.5 cm³/mol. The second-order valence-electron chi connectivity index (χ2n) is 6.61. The Balaban J connectivity index is 2.02. The molecule has 112 valence electrons. The summed E-state index contributed by atoms with van der Waals surface area (Å²) in [6.45, 7) is 6.84. The third kappa shape index (κ3) is 4.79. The van der Waals surface area contributed by atoms with Crippen LogP contribution in [0.15, 0.2) is 24.3 Å². The minimum atomic E-state index is 0.703. The Bertz CT molecular complexity index is 385. The molecule has 20 heavy (non-hydrogen) atoms. The van der Waals surface area contributed by atoms with Gasteiger partial charge in [-0.05, 0) is 61.4 Å². The van der Waals surface area contributed by atoms with Gasteiger partial charge < -0.3 is 5.32 Å². The molecule has 1 saturated carbocycles. The molecule has 0 saturated heterocycles. The monoisotopic (exact) mass is 293 g/mol. The van der Waals surface area contributed by atoms with Crippen LogP contribution >= 0.6 is 11.6 Å². The van der Waals surface area contributed by atoms with Gasteiger partial charge in [0.1, 0.15) is 0 Å². The van der Waals surface area contributed by atoms with E-state index in [2.05, 4.69) is 31.3 Å². The maximum absolute atomic E-state index is 6.03. The van der Waals surface area contributed by atoms with E-state index in [0.717, 1.165) is 29.9 Å². The third-order valence-electron chi connectivity index (χ3n) is 4.42. The number of benzene rings is 1. The third-order valence-corrected chi connectivity index (χ3v) is 4.67. The van der Waals surface area contributed by atoms with Crippen LogP contribution in [0.25, 0.3) is 0 Å². The zero-order valence-corrected chi connectivity index (χ0v) is 13.6. The maximum atomic E-state index is 6.03. The average molecular weight is 294 g/mol. The van der Waals surface area contributed by atoms with Gasteiger partial charge >= 0.3 is 0 Å². The summed E-state index contributed by atoms with van der Waals surface area (Å²) in [5.41, 5.74) is 1.48. The minimum Gasteiger partial charge on any atom is -0.316 e. The molecule has 1 nitrogen and oxygen atoms in total. The molecular formula is C18H28ClN. The van der Waals surface area contributed by atoms with Gasteiger partial charge in [-0.2, -0.15) is 0 Å². The normalized spacial score (nSPS) is 23.8. The van der Waals surface area contributed by atoms with E-state index in [9.17, 15) is 0 Å². The summed E-state index contributed by atoms with van der Waals surface area (Å²) in [7, 11) is 0. The van der Waals surface area contributed by atoms with E-state index in [0.29, 0.717) is 5.92 Å². The number of rotatable bonds is 5. The molecule has 1 N–H and O–H groups in total. The van der Waals surface area contributed by atoms with Crippen molar-refractivity contribution >= 4 is 11.6 Å². The minimum absolute atomic E-state index is 0.703. The first-order valence-electron chi connectivity index (χ1n) is 8.13. The summed E-state index contributed by atoms with van der Waals surface area (Å²) in [4.78, 5) is 0. The van der Waals surface area contributed by atoms with Crippen LogP contribution in [0.5, 0.6) is 0 Å². The quantitative estimate of drug-likeness (QED) is 0.731. The Morgan fingerprint density at radius 3 is 2.50 bits per heavy atom. The van der Waals surface area contributed by atoms with Crippen molar-refractivity contribution in [2.75, 3.05) is 13.1 Å². The maximum Gasteiger partial charge on any atom is 0.0406 e. The molecule has 1 aromatic carbocycles. The molecule has 0 heterocycles. The lowest BCUT2D eigenvalue weighted by molar-refractivity contribution is 0.366. The molecule has 0 amide bonds. The zero-order valence-electron chi connectivity index (χ0n) is 12.9. The van der Waals surface area contributed by atoms with Gasteiger partial charge in [0.2, 0.25) is 0 Å². The van der Waals surface area contributed by atoms with Crippen LogP contribution in [0.3, 0.4) is 0 Å². The van der Waals surface area contributed by atoms with Gasteiger partial charge in [-0.15, -0.1) is 0 Å². The smallest absolute Gasteiger partial charge is 0.0406 e. The first-order valence-corrected chi connectivity index (χ1v) is 8.51. The molecule has 1 aliphatic rings. The van der Waals surface area contributed by atoms with E-state index >= 15 is 0 Å². The molecule has 1 aliphatic carbocycles. The second kappa shape index (κ2) is 8.05. The Hall–Kier alpha value is -0.530. The van der Waals surface area contributed by atoms with Crippen molar-refractivity contribution in [1.82, 2.24) is 5.32 Å². The Morgan fingerprint density at radius 2 is 1.80 bits per heavy atom. The first kappa shape index (κ1) is 15.9. The highest BCUT2D eigenvalue weighted by Crippen LogP contribution is 2.36. The van der Waals surface area contributed by atoms with Crippen LogP contribution < -0.4 is 5.32 Å². The van der Waals surface area contributed by atoms with Crippen LogP contribution in [0.2, 0.25) is 5.02 Å². The summed E-state index contributed by atoms with van der Waals surface area (Å²) in [6, 6.07) is 8.54. The van der Waals surface area contributed by atoms with Gasteiger partial charge in [-0.25, -0.2) is 0 Å². The lowest BCUT2D eigenvalue weighted by Gasteiger charge is -2.26. The van der Waals surface area contributed by atoms with Gasteiger partial charge in [0, 0.05) is 5.02 Å². The van der Waals surface area contributed by atoms with Crippen LogP contribution in [-0.4, -0.2) is 13.1 Å². The van der Waals surface area contributed by atoms with Crippen LogP contribution in [0.1, 0.15) is 57.4 Å². The van der Waals surface area contributed by atoms with Crippen LogP contribution in [0, 0.1) is 11.8 Å². The molecule has 2 rings (SSSR count). The highest BCUT2D eigenvalue weighted by molar-refractivity contribution is 6.30. The summed E-state index contributed by atoms with van der Waals surface area (Å²) >= 11 is 6.03. The Morgan fingerprint density at radius 1 is 1.10 bits per heavy atom. The Labute approximate surface area is 129 Å². The molecule has 0 radical (unpaired) electrons. The number of hydrogen-bond donors (Lipinski definition) is 1. The molecule has 0 bridgehead atoms. The number of halogens is 1. The fourth-order valence-electron chi connectivity index (χ4n) is 3.33. The van der Waals surface area contributed by atoms with Crippen molar-refractivity contribution in [2.45, 2.75) is 51.9 Å². The Kier molecular flexibility index (Phi) is 6.38. The predicted octanol–water partition coefficient (Wildman–Crippen LogP) is 5.25. The van der Waals surface area contributed by atoms with Crippen molar-refractivity contribution in [3.05, 3.63) is 34.9 Å². The molecule has 2 unspecified atom stereocenters. The topological polar surface area (TPSA) is 12.0 Å². The summed E-state index contributed by atoms with van der Waals surface area (Å²) in [6.07, 6.45) is 6.84. The average Bonchev–Trinajstić information content (AvgIpc) is 2.65. The second-order valence-corrected chi connectivity index (χ2v) is 7.04. The number of nitrogens with one attached hydrogen (secondary N) is 1. The molecule has 2 heteroatoms. The van der Waals surface area contributed by atoms with E-state index in [1.165, 1.54) is 37.7 Å². The van der Waals surface area contributed by atoms with Crippen molar-refractivity contribution in [3.8, 4) is 0 Å². The van der Waals surface area contributed by atoms with Crippen molar-refractivity contribution < 1.29 is 0 Å². The number of hydrogen-bond acceptors (Lipinski definition) is 1. The highest BCUT2D eigenvalue weighted by Gasteiger charge is 2.24. The molecule has 0 aromatic heterocycles. The van der Waals surface area contributed by atoms with Gasteiger partial charge in [-0.1, -0.05) is 56.8 Å². The first-order chi connectivity index (χ1) is 9.66. The highest BCUT2D eigenvalue weighted by atomic mass is 35.5. The van der Waals surface area contributed by atoms with E-state index in [-0.39, 0.29) is 0 Å². The summed E-state index contributed by atoms with van der Waals surface area (Å²) in [5.74, 6) is 2.21. The van der Waals surface area contributed by atoms with E-state index < -0.39 is 0 Å². The molecule has 0 aliphatic heterocycles. The van der Waals surface area contributed by atoms with E-state index in [1.54, 1.807) is 0 Å². The van der Waals surface area contributed by atoms with Crippen LogP contribution in [0.4, 0.5) is 0 Å². The summed E-state index contributed by atoms with van der Waals surface area (Å²) in [5, 5.41) is 4.51. The summed E-state index contributed by atoms with van der Waals surface area (Å²) < 4.78 is 0. The fraction of sp³-hybridized carbons (Fsp3) is 0.667. The molecule has 1 fully saturated rings. The SMILES string of the molecule is CC(C)CNCC1CCCCCC1c1ccc(Cl)cc1. The molecule has 2 atom stereocenters. The van der Waals surface area contributed by atoms with Crippen molar-refractivity contribution in [1.29, 1.82) is 0 Å². The van der Waals surface area contributed by atoms with Crippen molar-refractivity contribution in [2.24, 2.45) is 11.8 Å². The standard InChI is InChI=1S/C18H28ClN/c1-14(2)12-20-13-16-6-4-3-5-7-18(16)15-8-10-17(19)11-9-15/h8-11,14,16,18,20H,3-7,12-13H2,1-2H3. The van der Waals surface area contributed by atoms with Gasteiger partial charge in [-0.3, -0.25) is 0 Å². The lowest BCUT2D eigenvalue weighted by Crippen LogP contribution is -2.29. The lowest BCUT2D eigenvalue weighted by atomic mass is 9.82. The molecule has 0 spiro atoms. The van der Waals surface area contributed by atoms with E-state index in [4.69, 9.17) is 11.6 Å². The molecular weight excluding hydrogens is 266 g/mol. The fourth-order valence-corrected chi connectivity index (χ4v) is 3.46. The van der Waals surface area contributed by atoms with E-state index in [1.807, 2.05) is 12.1 Å². The van der Waals surface area contributed by atoms with Crippen molar-refractivity contribution in [3.63, 3.8) is 0 Å². The van der Waals surface area contributed by atoms with Gasteiger partial charge in [0.15, 0.2) is 0 Å². The van der Waals surface area contributed by atoms with Crippen LogP contribution in [-0.2, 0) is 0 Å². The zero-order chi connectivity index (χ0) is 14.4. The van der Waals surface area contributed by atoms with Gasteiger partial charge in [0.25, 0.3) is 0 Å². The van der Waals surface area contributed by atoms with Gasteiger partial charge in [0.05, 0.1) is 0 Å². The largest absolute Gasteiger partial charge is 0.316 e.